The SMILES string of the molecule is Cc1ccc2c(c1)CCCN2C(CN)c1ccccc1. The van der Waals surface area contributed by atoms with Crippen LogP contribution in [-0.4, -0.2) is 13.1 Å². The predicted molar refractivity (Wildman–Crippen MR) is 85.1 cm³/mol. The minimum Gasteiger partial charge on any atom is -0.363 e. The van der Waals surface area contributed by atoms with Gasteiger partial charge >= 0.3 is 0 Å². The minimum absolute atomic E-state index is 0.276. The monoisotopic (exact) mass is 266 g/mol. The fourth-order valence-electron chi connectivity index (χ4n) is 3.20. The second-order valence-electron chi connectivity index (χ2n) is 5.59. The van der Waals surface area contributed by atoms with E-state index >= 15 is 0 Å². The Bertz CT molecular complexity index is 577. The van der Waals surface area contributed by atoms with Gasteiger partial charge in [0.2, 0.25) is 0 Å². The maximum atomic E-state index is 6.08. The first kappa shape index (κ1) is 13.2. The van der Waals surface area contributed by atoms with Gasteiger partial charge in [-0.15, -0.1) is 0 Å². The molecule has 2 nitrogen and oxygen atoms in total. The summed E-state index contributed by atoms with van der Waals surface area (Å²) < 4.78 is 0. The van der Waals surface area contributed by atoms with Crippen LogP contribution in [-0.2, 0) is 6.42 Å². The van der Waals surface area contributed by atoms with E-state index in [1.165, 1.54) is 35.2 Å². The van der Waals surface area contributed by atoms with Crippen molar-refractivity contribution in [3.63, 3.8) is 0 Å². The molecule has 0 spiro atoms. The second kappa shape index (κ2) is 5.68. The normalized spacial score (nSPS) is 15.8. The molecule has 1 aliphatic heterocycles. The Morgan fingerprint density at radius 2 is 1.95 bits per heavy atom. The van der Waals surface area contributed by atoms with Crippen LogP contribution in [0.15, 0.2) is 48.5 Å². The summed E-state index contributed by atoms with van der Waals surface area (Å²) in [4.78, 5) is 2.48. The van der Waals surface area contributed by atoms with Crippen LogP contribution in [0.2, 0.25) is 0 Å². The highest BCUT2D eigenvalue weighted by Gasteiger charge is 2.24. The molecule has 0 amide bonds. The Morgan fingerprint density at radius 1 is 1.15 bits per heavy atom. The van der Waals surface area contributed by atoms with Crippen molar-refractivity contribution in [3.05, 3.63) is 65.2 Å². The van der Waals surface area contributed by atoms with Crippen LogP contribution in [0.3, 0.4) is 0 Å². The lowest BCUT2D eigenvalue weighted by atomic mass is 9.96. The Hall–Kier alpha value is -1.80. The highest BCUT2D eigenvalue weighted by Crippen LogP contribution is 2.34. The van der Waals surface area contributed by atoms with Crippen molar-refractivity contribution < 1.29 is 0 Å². The van der Waals surface area contributed by atoms with E-state index in [2.05, 4.69) is 60.4 Å². The fourth-order valence-corrected chi connectivity index (χ4v) is 3.20. The number of nitrogens with zero attached hydrogens (tertiary/aromatic N) is 1. The summed E-state index contributed by atoms with van der Waals surface area (Å²) in [5.41, 5.74) is 11.6. The minimum atomic E-state index is 0.276. The van der Waals surface area contributed by atoms with Gasteiger partial charge < -0.3 is 10.6 Å². The Balaban J connectivity index is 1.98. The van der Waals surface area contributed by atoms with Crippen molar-refractivity contribution in [3.8, 4) is 0 Å². The van der Waals surface area contributed by atoms with Crippen LogP contribution in [0.1, 0.15) is 29.2 Å². The van der Waals surface area contributed by atoms with Crippen molar-refractivity contribution in [1.29, 1.82) is 0 Å². The number of aryl methyl sites for hydroxylation is 2. The zero-order valence-corrected chi connectivity index (χ0v) is 12.0. The van der Waals surface area contributed by atoms with Crippen molar-refractivity contribution in [2.45, 2.75) is 25.8 Å². The van der Waals surface area contributed by atoms with E-state index in [1.807, 2.05) is 0 Å². The lowest BCUT2D eigenvalue weighted by molar-refractivity contribution is 0.587. The summed E-state index contributed by atoms with van der Waals surface area (Å²) in [5, 5.41) is 0. The van der Waals surface area contributed by atoms with Gasteiger partial charge in [0.15, 0.2) is 0 Å². The van der Waals surface area contributed by atoms with Crippen molar-refractivity contribution >= 4 is 5.69 Å². The first-order valence-corrected chi connectivity index (χ1v) is 7.41. The quantitative estimate of drug-likeness (QED) is 0.922. The maximum Gasteiger partial charge on any atom is 0.0664 e. The summed E-state index contributed by atoms with van der Waals surface area (Å²) in [5.74, 6) is 0. The van der Waals surface area contributed by atoms with Gasteiger partial charge in [0.05, 0.1) is 6.04 Å². The molecule has 0 bridgehead atoms. The molecule has 0 aromatic heterocycles. The van der Waals surface area contributed by atoms with Crippen molar-refractivity contribution in [2.75, 3.05) is 18.0 Å². The molecule has 0 aliphatic carbocycles. The molecule has 1 atom stereocenters. The third-order valence-electron chi connectivity index (χ3n) is 4.17. The summed E-state index contributed by atoms with van der Waals surface area (Å²) in [6.07, 6.45) is 2.39. The highest BCUT2D eigenvalue weighted by atomic mass is 15.2. The number of hydrogen-bond acceptors (Lipinski definition) is 2. The van der Waals surface area contributed by atoms with Gasteiger partial charge in [-0.05, 0) is 37.0 Å². The standard InChI is InChI=1S/C18H22N2/c1-14-9-10-17-16(12-14)8-5-11-20(17)18(13-19)15-6-3-2-4-7-15/h2-4,6-7,9-10,12,18H,5,8,11,13,19H2,1H3. The molecular weight excluding hydrogens is 244 g/mol. The van der Waals surface area contributed by atoms with E-state index in [4.69, 9.17) is 5.73 Å². The molecule has 2 heteroatoms. The molecule has 2 N–H and O–H groups in total. The Morgan fingerprint density at radius 3 is 2.70 bits per heavy atom. The van der Waals surface area contributed by atoms with Gasteiger partial charge in [-0.3, -0.25) is 0 Å². The number of nitrogens with two attached hydrogens (primary N) is 1. The van der Waals surface area contributed by atoms with Gasteiger partial charge in [0, 0.05) is 18.8 Å². The van der Waals surface area contributed by atoms with E-state index in [1.54, 1.807) is 0 Å². The Kier molecular flexibility index (Phi) is 3.75. The molecule has 1 heterocycles. The average Bonchev–Trinajstić information content (AvgIpc) is 2.49. The van der Waals surface area contributed by atoms with E-state index in [0.29, 0.717) is 6.54 Å². The van der Waals surface area contributed by atoms with Crippen LogP contribution in [0.25, 0.3) is 0 Å². The molecular formula is C18H22N2. The van der Waals surface area contributed by atoms with Gasteiger partial charge in [-0.2, -0.15) is 0 Å². The van der Waals surface area contributed by atoms with Crippen molar-refractivity contribution in [2.24, 2.45) is 5.73 Å². The van der Waals surface area contributed by atoms with Crippen LogP contribution >= 0.6 is 0 Å². The zero-order valence-electron chi connectivity index (χ0n) is 12.0. The largest absolute Gasteiger partial charge is 0.363 e. The molecule has 3 rings (SSSR count). The summed E-state index contributed by atoms with van der Waals surface area (Å²) in [6.45, 7) is 3.90. The van der Waals surface area contributed by atoms with Crippen LogP contribution in [0.4, 0.5) is 5.69 Å². The topological polar surface area (TPSA) is 29.3 Å². The van der Waals surface area contributed by atoms with Crippen LogP contribution < -0.4 is 10.6 Å². The van der Waals surface area contributed by atoms with E-state index < -0.39 is 0 Å². The van der Waals surface area contributed by atoms with Crippen molar-refractivity contribution in [1.82, 2.24) is 0 Å². The summed E-state index contributed by atoms with van der Waals surface area (Å²) in [7, 11) is 0. The second-order valence-corrected chi connectivity index (χ2v) is 5.59. The summed E-state index contributed by atoms with van der Waals surface area (Å²) >= 11 is 0. The molecule has 0 radical (unpaired) electrons. The summed E-state index contributed by atoms with van der Waals surface area (Å²) in [6, 6.07) is 17.7. The molecule has 20 heavy (non-hydrogen) atoms. The lowest BCUT2D eigenvalue weighted by Crippen LogP contribution is -2.37. The molecule has 1 aliphatic rings. The molecule has 0 saturated heterocycles. The number of rotatable bonds is 3. The van der Waals surface area contributed by atoms with Gasteiger partial charge in [-0.1, -0.05) is 48.0 Å². The number of hydrogen-bond donors (Lipinski definition) is 1. The first-order chi connectivity index (χ1) is 9.79. The van der Waals surface area contributed by atoms with Gasteiger partial charge in [0.1, 0.15) is 0 Å². The molecule has 1 unspecified atom stereocenters. The smallest absolute Gasteiger partial charge is 0.0664 e. The molecule has 0 fully saturated rings. The number of fused-ring (bicyclic) bond motifs is 1. The van der Waals surface area contributed by atoms with E-state index in [9.17, 15) is 0 Å². The maximum absolute atomic E-state index is 6.08. The molecule has 2 aromatic carbocycles. The molecule has 2 aromatic rings. The molecule has 0 saturated carbocycles. The fraction of sp³-hybridized carbons (Fsp3) is 0.333. The van der Waals surface area contributed by atoms with Gasteiger partial charge in [-0.25, -0.2) is 0 Å². The molecule has 104 valence electrons. The first-order valence-electron chi connectivity index (χ1n) is 7.41. The number of anilines is 1. The van der Waals surface area contributed by atoms with E-state index in [0.717, 1.165) is 6.54 Å². The van der Waals surface area contributed by atoms with Crippen LogP contribution in [0, 0.1) is 6.92 Å². The third kappa shape index (κ3) is 2.44. The zero-order chi connectivity index (χ0) is 13.9. The lowest BCUT2D eigenvalue weighted by Gasteiger charge is -2.38. The number of benzene rings is 2. The third-order valence-corrected chi connectivity index (χ3v) is 4.17. The predicted octanol–water partition coefficient (Wildman–Crippen LogP) is 3.45. The average molecular weight is 266 g/mol. The Labute approximate surface area is 121 Å². The van der Waals surface area contributed by atoms with Gasteiger partial charge in [0.25, 0.3) is 0 Å². The van der Waals surface area contributed by atoms with E-state index in [-0.39, 0.29) is 6.04 Å². The highest BCUT2D eigenvalue weighted by molar-refractivity contribution is 5.58. The van der Waals surface area contributed by atoms with Crippen LogP contribution in [0.5, 0.6) is 0 Å².